The van der Waals surface area contributed by atoms with Crippen LogP contribution in [-0.2, 0) is 32.7 Å². The summed E-state index contributed by atoms with van der Waals surface area (Å²) in [6.07, 6.45) is 87.5. The molecule has 0 bridgehead atoms. The van der Waals surface area contributed by atoms with Crippen LogP contribution in [0.3, 0.4) is 0 Å². The molecular weight excluding hydrogens is 1040 g/mol. The number of nitrogens with zero attached hydrogens (tertiary/aromatic N) is 1. The van der Waals surface area contributed by atoms with Crippen LogP contribution in [0.5, 0.6) is 0 Å². The van der Waals surface area contributed by atoms with Gasteiger partial charge in [-0.3, -0.25) is 14.2 Å². The Kier molecular flexibility index (Phi) is 59.7. The van der Waals surface area contributed by atoms with Gasteiger partial charge in [0.15, 0.2) is 6.10 Å². The van der Waals surface area contributed by atoms with Crippen molar-refractivity contribution < 1.29 is 42.1 Å². The molecule has 0 amide bonds. The van der Waals surface area contributed by atoms with Crippen LogP contribution in [0.15, 0.2) is 109 Å². The molecule has 9 nitrogen and oxygen atoms in total. The molecule has 0 aromatic heterocycles. The fraction of sp³-hybridized carbons (Fsp3) is 0.722. The molecule has 0 aromatic rings. The maximum Gasteiger partial charge on any atom is 0.306 e. The number of rotatable bonds is 61. The molecule has 0 N–H and O–H groups in total. The molecular formula is C72H126NO8P. The number of carbonyl (C=O) groups is 2. The molecule has 0 aromatic carbocycles. The monoisotopic (exact) mass is 1160 g/mol. The lowest BCUT2D eigenvalue weighted by Crippen LogP contribution is -2.37. The van der Waals surface area contributed by atoms with Gasteiger partial charge in [-0.2, -0.15) is 0 Å². The van der Waals surface area contributed by atoms with Crippen LogP contribution < -0.4 is 4.89 Å². The van der Waals surface area contributed by atoms with Gasteiger partial charge in [0.05, 0.1) is 27.7 Å². The highest BCUT2D eigenvalue weighted by Crippen LogP contribution is 2.38. The van der Waals surface area contributed by atoms with Crippen LogP contribution in [0.25, 0.3) is 0 Å². The molecule has 0 aliphatic heterocycles. The van der Waals surface area contributed by atoms with E-state index in [2.05, 4.69) is 117 Å². The highest BCUT2D eigenvalue weighted by Gasteiger charge is 2.22. The normalized spacial score (nSPS) is 13.9. The van der Waals surface area contributed by atoms with Gasteiger partial charge in [-0.1, -0.05) is 303 Å². The summed E-state index contributed by atoms with van der Waals surface area (Å²) in [5.41, 5.74) is 0. The van der Waals surface area contributed by atoms with E-state index in [4.69, 9.17) is 18.5 Å². The zero-order valence-corrected chi connectivity index (χ0v) is 54.6. The lowest BCUT2D eigenvalue weighted by molar-refractivity contribution is -0.870. The molecule has 0 heterocycles. The van der Waals surface area contributed by atoms with Crippen molar-refractivity contribution in [2.24, 2.45) is 0 Å². The van der Waals surface area contributed by atoms with E-state index < -0.39 is 32.5 Å². The summed E-state index contributed by atoms with van der Waals surface area (Å²) in [7, 11) is 1.12. The Labute approximate surface area is 506 Å². The lowest BCUT2D eigenvalue weighted by atomic mass is 10.0. The minimum absolute atomic E-state index is 0.0461. The van der Waals surface area contributed by atoms with Crippen molar-refractivity contribution in [2.75, 3.05) is 47.5 Å². The van der Waals surface area contributed by atoms with Crippen molar-refractivity contribution in [1.29, 1.82) is 0 Å². The van der Waals surface area contributed by atoms with Crippen molar-refractivity contribution in [3.63, 3.8) is 0 Å². The first-order valence-electron chi connectivity index (χ1n) is 33.6. The van der Waals surface area contributed by atoms with E-state index in [1.807, 2.05) is 27.2 Å². The van der Waals surface area contributed by atoms with E-state index >= 15 is 0 Å². The number of allylic oxidation sites excluding steroid dienone is 18. The Bertz CT molecular complexity index is 1750. The predicted molar refractivity (Wildman–Crippen MR) is 351 cm³/mol. The summed E-state index contributed by atoms with van der Waals surface area (Å²) in [6, 6.07) is 0. The molecule has 10 heteroatoms. The quantitative estimate of drug-likeness (QED) is 0.0195. The van der Waals surface area contributed by atoms with E-state index in [0.717, 1.165) is 77.0 Å². The largest absolute Gasteiger partial charge is 0.756 e. The summed E-state index contributed by atoms with van der Waals surface area (Å²) in [5, 5.41) is 0. The Morgan fingerprint density at radius 3 is 1.02 bits per heavy atom. The summed E-state index contributed by atoms with van der Waals surface area (Å²) in [4.78, 5) is 38.0. The Morgan fingerprint density at radius 2 is 0.695 bits per heavy atom. The number of hydrogen-bond acceptors (Lipinski definition) is 8. The second kappa shape index (κ2) is 62.2. The van der Waals surface area contributed by atoms with Gasteiger partial charge in [0, 0.05) is 12.8 Å². The minimum atomic E-state index is -4.66. The first-order chi connectivity index (χ1) is 40.0. The average molecular weight is 1160 g/mol. The van der Waals surface area contributed by atoms with E-state index in [9.17, 15) is 19.0 Å². The number of phosphoric ester groups is 1. The minimum Gasteiger partial charge on any atom is -0.756 e. The van der Waals surface area contributed by atoms with E-state index in [1.165, 1.54) is 167 Å². The fourth-order valence-electron chi connectivity index (χ4n) is 9.19. The van der Waals surface area contributed by atoms with Gasteiger partial charge in [-0.15, -0.1) is 0 Å². The zero-order valence-electron chi connectivity index (χ0n) is 53.7. The summed E-state index contributed by atoms with van der Waals surface area (Å²) in [6.45, 7) is 4.08. The highest BCUT2D eigenvalue weighted by atomic mass is 31.2. The molecule has 0 saturated heterocycles. The number of phosphoric acid groups is 1. The number of ether oxygens (including phenoxy) is 2. The summed E-state index contributed by atoms with van der Waals surface area (Å²) >= 11 is 0. The van der Waals surface area contributed by atoms with Crippen LogP contribution in [0.2, 0.25) is 0 Å². The topological polar surface area (TPSA) is 111 Å². The van der Waals surface area contributed by atoms with Crippen molar-refractivity contribution in [1.82, 2.24) is 0 Å². The molecule has 472 valence electrons. The molecule has 0 aliphatic rings. The van der Waals surface area contributed by atoms with Crippen LogP contribution in [-0.4, -0.2) is 70.0 Å². The highest BCUT2D eigenvalue weighted by molar-refractivity contribution is 7.45. The molecule has 0 rings (SSSR count). The fourth-order valence-corrected chi connectivity index (χ4v) is 9.92. The second-order valence-corrected chi connectivity index (χ2v) is 24.9. The third-order valence-electron chi connectivity index (χ3n) is 14.3. The number of likely N-dealkylation sites (N-methyl/N-ethyl adjacent to an activating group) is 1. The van der Waals surface area contributed by atoms with Crippen LogP contribution in [0, 0.1) is 0 Å². The van der Waals surface area contributed by atoms with Crippen molar-refractivity contribution in [3.8, 4) is 0 Å². The van der Waals surface area contributed by atoms with Gasteiger partial charge in [-0.05, 0) is 77.0 Å². The summed E-state index contributed by atoms with van der Waals surface area (Å²) < 4.78 is 34.2. The number of unbranched alkanes of at least 4 members (excludes halogenated alkanes) is 29. The van der Waals surface area contributed by atoms with Gasteiger partial charge in [0.2, 0.25) is 0 Å². The lowest BCUT2D eigenvalue weighted by Gasteiger charge is -2.28. The smallest absolute Gasteiger partial charge is 0.306 e. The molecule has 0 spiro atoms. The van der Waals surface area contributed by atoms with Crippen LogP contribution in [0.4, 0.5) is 0 Å². The molecule has 2 atom stereocenters. The second-order valence-electron chi connectivity index (χ2n) is 23.5. The third kappa shape index (κ3) is 65.8. The van der Waals surface area contributed by atoms with E-state index in [-0.39, 0.29) is 26.1 Å². The molecule has 0 aliphatic carbocycles. The Morgan fingerprint density at radius 1 is 0.390 bits per heavy atom. The van der Waals surface area contributed by atoms with Gasteiger partial charge in [0.1, 0.15) is 19.8 Å². The average Bonchev–Trinajstić information content (AvgIpc) is 3.45. The SMILES string of the molecule is CC/C=C\C/C=C\C/C=C\C/C=C\C/C=C\C/C=C\C/C=C\C/C=C\C/C=C\CCCC(=O)OC(COC(=O)CCCCCCCCCCCCCCCCCCCCCCCCCCCCCCC)COP(=O)([O-])OCC[N+](C)(C)C. The van der Waals surface area contributed by atoms with Gasteiger partial charge in [0.25, 0.3) is 7.82 Å². The standard InChI is InChI=1S/C72H126NO8P/c1-6-8-10-12-14-16-18-20-22-24-26-28-30-32-34-36-38-40-42-44-46-48-50-52-54-56-58-60-62-64-71(74)78-68-70(69-80-82(76,77)79-67-66-73(3,4)5)81-72(75)65-63-61-59-57-55-53-51-49-47-45-43-41-39-37-35-33-31-29-27-25-23-21-19-17-15-13-11-9-7-2/h9,11,15,17,21,23,27,29,33,35,39,41,45,47,51,53,57,59,70H,6-8,10,12-14,16,18-20,22,24-26,28,30-32,34,36-38,40,42-44,46,48-50,52,54-56,58,60-69H2,1-5H3/b11-9-,17-15-,23-21-,29-27-,35-33-,41-39-,47-45-,53-51-,59-57-. The zero-order chi connectivity index (χ0) is 59.8. The first-order valence-corrected chi connectivity index (χ1v) is 35.1. The molecule has 0 radical (unpaired) electrons. The van der Waals surface area contributed by atoms with Gasteiger partial charge < -0.3 is 27.9 Å². The Balaban J connectivity index is 4.18. The molecule has 0 fully saturated rings. The van der Waals surface area contributed by atoms with E-state index in [1.54, 1.807) is 0 Å². The molecule has 2 unspecified atom stereocenters. The number of esters is 2. The number of carbonyl (C=O) groups excluding carboxylic acids is 2. The number of quaternary nitrogens is 1. The van der Waals surface area contributed by atoms with Gasteiger partial charge >= 0.3 is 11.9 Å². The number of hydrogen-bond donors (Lipinski definition) is 0. The van der Waals surface area contributed by atoms with Crippen LogP contribution >= 0.6 is 7.82 Å². The maximum atomic E-state index is 12.8. The van der Waals surface area contributed by atoms with Crippen molar-refractivity contribution >= 4 is 19.8 Å². The third-order valence-corrected chi connectivity index (χ3v) is 15.3. The Hall–Kier alpha value is -3.33. The maximum absolute atomic E-state index is 12.8. The van der Waals surface area contributed by atoms with E-state index in [0.29, 0.717) is 23.9 Å². The van der Waals surface area contributed by atoms with Crippen LogP contribution in [0.1, 0.15) is 284 Å². The van der Waals surface area contributed by atoms with Crippen molar-refractivity contribution in [2.45, 2.75) is 290 Å². The van der Waals surface area contributed by atoms with Gasteiger partial charge in [-0.25, -0.2) is 0 Å². The molecule has 0 saturated carbocycles. The molecule has 82 heavy (non-hydrogen) atoms. The summed E-state index contributed by atoms with van der Waals surface area (Å²) in [5.74, 6) is -0.900. The predicted octanol–water partition coefficient (Wildman–Crippen LogP) is 21.1. The van der Waals surface area contributed by atoms with Crippen molar-refractivity contribution in [3.05, 3.63) is 109 Å². The first kappa shape index (κ1) is 78.7.